The van der Waals surface area contributed by atoms with Crippen LogP contribution < -0.4 is 10.6 Å². The van der Waals surface area contributed by atoms with E-state index < -0.39 is 11.7 Å². The molecule has 1 atom stereocenters. The Kier molecular flexibility index (Phi) is 7.03. The SMILES string of the molecule is CN=C(NCc1cccc(C(F)(F)F)c1)NCC(CO)c1ccccc1. The van der Waals surface area contributed by atoms with Gasteiger partial charge in [-0.1, -0.05) is 42.5 Å². The number of nitrogens with one attached hydrogen (secondary N) is 2. The van der Waals surface area contributed by atoms with Crippen LogP contribution in [0.1, 0.15) is 22.6 Å². The lowest BCUT2D eigenvalue weighted by Gasteiger charge is -2.18. The second-order valence-electron chi connectivity index (χ2n) is 5.79. The Labute approximate surface area is 150 Å². The van der Waals surface area contributed by atoms with Gasteiger partial charge in [0.25, 0.3) is 0 Å². The van der Waals surface area contributed by atoms with E-state index in [0.29, 0.717) is 18.1 Å². The molecule has 0 spiro atoms. The van der Waals surface area contributed by atoms with Crippen molar-refractivity contribution in [2.75, 3.05) is 20.2 Å². The maximum absolute atomic E-state index is 12.8. The number of aliphatic hydroxyl groups is 1. The summed E-state index contributed by atoms with van der Waals surface area (Å²) in [6.45, 7) is 0.628. The zero-order valence-electron chi connectivity index (χ0n) is 14.4. The number of aliphatic hydroxyl groups excluding tert-OH is 1. The lowest BCUT2D eigenvalue weighted by molar-refractivity contribution is -0.137. The van der Waals surface area contributed by atoms with Crippen LogP contribution in [0, 0.1) is 0 Å². The second kappa shape index (κ2) is 9.24. The summed E-state index contributed by atoms with van der Waals surface area (Å²) in [5, 5.41) is 15.6. The molecule has 7 heteroatoms. The molecular weight excluding hydrogens is 343 g/mol. The highest BCUT2D eigenvalue weighted by atomic mass is 19.4. The van der Waals surface area contributed by atoms with Crippen LogP contribution in [-0.4, -0.2) is 31.3 Å². The van der Waals surface area contributed by atoms with Crippen LogP contribution in [0.2, 0.25) is 0 Å². The highest BCUT2D eigenvalue weighted by molar-refractivity contribution is 5.79. The first-order valence-electron chi connectivity index (χ1n) is 8.20. The average Bonchev–Trinajstić information content (AvgIpc) is 2.65. The van der Waals surface area contributed by atoms with Crippen LogP contribution in [0.4, 0.5) is 13.2 Å². The van der Waals surface area contributed by atoms with Gasteiger partial charge in [0.1, 0.15) is 0 Å². The normalized spacial score (nSPS) is 13.3. The summed E-state index contributed by atoms with van der Waals surface area (Å²) in [5.74, 6) is 0.347. The van der Waals surface area contributed by atoms with E-state index in [-0.39, 0.29) is 19.1 Å². The minimum atomic E-state index is -4.36. The first-order chi connectivity index (χ1) is 12.4. The van der Waals surface area contributed by atoms with Gasteiger partial charge in [-0.2, -0.15) is 13.2 Å². The van der Waals surface area contributed by atoms with E-state index in [1.54, 1.807) is 13.1 Å². The topological polar surface area (TPSA) is 56.7 Å². The minimum absolute atomic E-state index is 0.0262. The minimum Gasteiger partial charge on any atom is -0.396 e. The molecule has 0 bridgehead atoms. The average molecular weight is 365 g/mol. The molecule has 2 rings (SSSR count). The van der Waals surface area contributed by atoms with E-state index in [2.05, 4.69) is 15.6 Å². The highest BCUT2D eigenvalue weighted by Crippen LogP contribution is 2.29. The Morgan fingerprint density at radius 2 is 1.81 bits per heavy atom. The van der Waals surface area contributed by atoms with Crippen LogP contribution in [0.5, 0.6) is 0 Å². The first-order valence-corrected chi connectivity index (χ1v) is 8.20. The fourth-order valence-electron chi connectivity index (χ4n) is 2.50. The predicted octanol–water partition coefficient (Wildman–Crippen LogP) is 3.15. The fourth-order valence-corrected chi connectivity index (χ4v) is 2.50. The second-order valence-corrected chi connectivity index (χ2v) is 5.79. The Bertz CT molecular complexity index is 717. The number of guanidine groups is 1. The van der Waals surface area contributed by atoms with E-state index in [9.17, 15) is 18.3 Å². The Balaban J connectivity index is 1.92. The molecule has 0 aliphatic carbocycles. The molecule has 4 nitrogen and oxygen atoms in total. The van der Waals surface area contributed by atoms with Crippen LogP contribution in [-0.2, 0) is 12.7 Å². The van der Waals surface area contributed by atoms with Gasteiger partial charge in [0.05, 0.1) is 12.2 Å². The monoisotopic (exact) mass is 365 g/mol. The van der Waals surface area contributed by atoms with Crippen molar-refractivity contribution in [2.45, 2.75) is 18.6 Å². The molecule has 1 unspecified atom stereocenters. The zero-order valence-corrected chi connectivity index (χ0v) is 14.4. The van der Waals surface area contributed by atoms with Crippen molar-refractivity contribution in [1.82, 2.24) is 10.6 Å². The van der Waals surface area contributed by atoms with E-state index in [4.69, 9.17) is 0 Å². The van der Waals surface area contributed by atoms with Gasteiger partial charge in [0.2, 0.25) is 0 Å². The van der Waals surface area contributed by atoms with Crippen molar-refractivity contribution in [3.05, 3.63) is 71.3 Å². The number of hydrogen-bond acceptors (Lipinski definition) is 2. The maximum Gasteiger partial charge on any atom is 0.416 e. The third-order valence-corrected chi connectivity index (χ3v) is 3.95. The lowest BCUT2D eigenvalue weighted by atomic mass is 10.0. The summed E-state index contributed by atoms with van der Waals surface area (Å²) in [6.07, 6.45) is -4.36. The molecule has 0 aliphatic rings. The van der Waals surface area contributed by atoms with Gasteiger partial charge >= 0.3 is 6.18 Å². The predicted molar refractivity (Wildman–Crippen MR) is 95.9 cm³/mol. The summed E-state index contributed by atoms with van der Waals surface area (Å²) >= 11 is 0. The molecule has 0 aliphatic heterocycles. The van der Waals surface area contributed by atoms with Gasteiger partial charge in [-0.3, -0.25) is 4.99 Å². The van der Waals surface area contributed by atoms with Gasteiger partial charge < -0.3 is 15.7 Å². The van der Waals surface area contributed by atoms with Gasteiger partial charge in [-0.15, -0.1) is 0 Å². The Hall–Kier alpha value is -2.54. The van der Waals surface area contributed by atoms with Gasteiger partial charge in [-0.25, -0.2) is 0 Å². The summed E-state index contributed by atoms with van der Waals surface area (Å²) in [7, 11) is 1.58. The van der Waals surface area contributed by atoms with E-state index in [1.807, 2.05) is 30.3 Å². The molecule has 3 N–H and O–H groups in total. The summed E-state index contributed by atoms with van der Waals surface area (Å²) in [4.78, 5) is 4.06. The number of benzene rings is 2. The number of halogens is 3. The summed E-state index contributed by atoms with van der Waals surface area (Å²) < 4.78 is 38.3. The number of hydrogen-bond donors (Lipinski definition) is 3. The summed E-state index contributed by atoms with van der Waals surface area (Å²) in [5.41, 5.74) is 0.824. The Morgan fingerprint density at radius 3 is 2.42 bits per heavy atom. The molecular formula is C19H22F3N3O. The van der Waals surface area contributed by atoms with Crippen molar-refractivity contribution >= 4 is 5.96 Å². The van der Waals surface area contributed by atoms with Crippen LogP contribution in [0.3, 0.4) is 0 Å². The molecule has 140 valence electrons. The van der Waals surface area contributed by atoms with E-state index >= 15 is 0 Å². The van der Waals surface area contributed by atoms with Crippen LogP contribution >= 0.6 is 0 Å². The molecule has 0 aromatic heterocycles. The van der Waals surface area contributed by atoms with Gasteiger partial charge in [0, 0.05) is 26.1 Å². The van der Waals surface area contributed by atoms with Crippen molar-refractivity contribution in [1.29, 1.82) is 0 Å². The lowest BCUT2D eigenvalue weighted by Crippen LogP contribution is -2.39. The van der Waals surface area contributed by atoms with Crippen molar-refractivity contribution < 1.29 is 18.3 Å². The number of aliphatic imine (C=N–C) groups is 1. The highest BCUT2D eigenvalue weighted by Gasteiger charge is 2.30. The molecule has 2 aromatic carbocycles. The molecule has 26 heavy (non-hydrogen) atoms. The first kappa shape index (κ1) is 19.8. The summed E-state index contributed by atoms with van der Waals surface area (Å²) in [6, 6.07) is 14.7. The van der Waals surface area contributed by atoms with Crippen molar-refractivity contribution in [3.63, 3.8) is 0 Å². The van der Waals surface area contributed by atoms with E-state index in [1.165, 1.54) is 6.07 Å². The van der Waals surface area contributed by atoms with Gasteiger partial charge in [-0.05, 0) is 23.3 Å². The fraction of sp³-hybridized carbons (Fsp3) is 0.316. The number of alkyl halides is 3. The largest absolute Gasteiger partial charge is 0.416 e. The van der Waals surface area contributed by atoms with E-state index in [0.717, 1.165) is 17.7 Å². The number of rotatable bonds is 6. The molecule has 2 aromatic rings. The van der Waals surface area contributed by atoms with Crippen molar-refractivity contribution in [2.24, 2.45) is 4.99 Å². The smallest absolute Gasteiger partial charge is 0.396 e. The maximum atomic E-state index is 12.8. The molecule has 0 radical (unpaired) electrons. The third-order valence-electron chi connectivity index (χ3n) is 3.95. The quantitative estimate of drug-likeness (QED) is 0.545. The standard InChI is InChI=1S/C19H22F3N3O/c1-23-18(25-12-16(13-26)15-7-3-2-4-8-15)24-11-14-6-5-9-17(10-14)19(20,21)22/h2-10,16,26H,11-13H2,1H3,(H2,23,24,25). The van der Waals surface area contributed by atoms with Crippen LogP contribution in [0.25, 0.3) is 0 Å². The molecule has 0 fully saturated rings. The zero-order chi connectivity index (χ0) is 19.0. The molecule has 0 heterocycles. The molecule has 0 saturated carbocycles. The van der Waals surface area contributed by atoms with Gasteiger partial charge in [0.15, 0.2) is 5.96 Å². The van der Waals surface area contributed by atoms with Crippen LogP contribution in [0.15, 0.2) is 59.6 Å². The molecule has 0 saturated heterocycles. The Morgan fingerprint density at radius 1 is 1.08 bits per heavy atom. The van der Waals surface area contributed by atoms with Crippen molar-refractivity contribution in [3.8, 4) is 0 Å². The third kappa shape index (κ3) is 5.77. The number of nitrogens with zero attached hydrogens (tertiary/aromatic N) is 1. The molecule has 0 amide bonds.